The van der Waals surface area contributed by atoms with Gasteiger partial charge in [-0.2, -0.15) is 0 Å². The monoisotopic (exact) mass is 267 g/mol. The molecule has 0 aromatic rings. The van der Waals surface area contributed by atoms with Gasteiger partial charge in [0.2, 0.25) is 5.91 Å². The first-order valence-electron chi connectivity index (χ1n) is 5.79. The van der Waals surface area contributed by atoms with Gasteiger partial charge in [-0.15, -0.1) is 0 Å². The van der Waals surface area contributed by atoms with Crippen LogP contribution in [0.1, 0.15) is 33.6 Å². The number of aliphatic hydroxyl groups is 1. The molecule has 0 aromatic heterocycles. The number of aliphatic hydroxyl groups excluding tert-OH is 1. The third-order valence-corrected chi connectivity index (χ3v) is 4.33. The molecular weight excluding hydrogens is 245 g/mol. The minimum Gasteiger partial charge on any atom is -0.377 e. The maximum atomic E-state index is 12.4. The van der Waals surface area contributed by atoms with Gasteiger partial charge in [0.1, 0.15) is 12.4 Å². The fraction of sp³-hybridized carbons (Fsp3) is 0.900. The molecule has 0 rings (SSSR count). The molecule has 0 bridgehead atoms. The number of carbonyl (C=O) groups is 1. The van der Waals surface area contributed by atoms with Crippen molar-refractivity contribution >= 4 is 13.5 Å². The molecule has 0 aliphatic carbocycles. The predicted molar refractivity (Wildman–Crippen MR) is 64.8 cm³/mol. The van der Waals surface area contributed by atoms with Crippen LogP contribution in [-0.4, -0.2) is 36.6 Å². The molecule has 0 aliphatic heterocycles. The van der Waals surface area contributed by atoms with E-state index in [-0.39, 0.29) is 13.2 Å². The highest BCUT2D eigenvalue weighted by Crippen LogP contribution is 2.53. The first-order chi connectivity index (χ1) is 8.01. The maximum absolute atomic E-state index is 12.4. The van der Waals surface area contributed by atoms with Crippen molar-refractivity contribution in [1.29, 1.82) is 0 Å². The van der Waals surface area contributed by atoms with E-state index in [0.29, 0.717) is 12.8 Å². The highest BCUT2D eigenvalue weighted by molar-refractivity contribution is 7.55. The summed E-state index contributed by atoms with van der Waals surface area (Å²) in [5.74, 6) is -0.539. The van der Waals surface area contributed by atoms with E-state index in [0.717, 1.165) is 0 Å². The van der Waals surface area contributed by atoms with Crippen molar-refractivity contribution in [2.45, 2.75) is 39.3 Å². The third-order valence-electron chi connectivity index (χ3n) is 2.06. The normalized spacial score (nSPS) is 13.4. The quantitative estimate of drug-likeness (QED) is 0.488. The Kier molecular flexibility index (Phi) is 8.43. The number of nitrogens with one attached hydrogen (secondary N) is 1. The smallest absolute Gasteiger partial charge is 0.342 e. The minimum atomic E-state index is -3.45. The zero-order valence-corrected chi connectivity index (χ0v) is 11.5. The lowest BCUT2D eigenvalue weighted by Crippen LogP contribution is -2.34. The number of carbonyl (C=O) groups excluding carboxylic acids is 1. The van der Waals surface area contributed by atoms with Crippen molar-refractivity contribution in [3.8, 4) is 0 Å². The molecule has 6 nitrogen and oxygen atoms in total. The fourth-order valence-electron chi connectivity index (χ4n) is 1.07. The predicted octanol–water partition coefficient (Wildman–Crippen LogP) is 1.49. The van der Waals surface area contributed by atoms with Gasteiger partial charge in [-0.3, -0.25) is 9.36 Å². The van der Waals surface area contributed by atoms with Gasteiger partial charge < -0.3 is 19.5 Å². The minimum absolute atomic E-state index is 0.276. The van der Waals surface area contributed by atoms with Crippen LogP contribution in [0.3, 0.4) is 0 Å². The zero-order chi connectivity index (χ0) is 13.3. The molecule has 0 spiro atoms. The summed E-state index contributed by atoms with van der Waals surface area (Å²) in [6.45, 7) is 5.28. The molecule has 0 aromatic carbocycles. The van der Waals surface area contributed by atoms with Crippen LogP contribution in [-0.2, 0) is 18.4 Å². The Morgan fingerprint density at radius 1 is 1.29 bits per heavy atom. The van der Waals surface area contributed by atoms with E-state index in [9.17, 15) is 9.36 Å². The highest BCUT2D eigenvalue weighted by Gasteiger charge is 2.37. The van der Waals surface area contributed by atoms with Crippen LogP contribution >= 0.6 is 7.60 Å². The number of rotatable bonds is 9. The first kappa shape index (κ1) is 16.6. The summed E-state index contributed by atoms with van der Waals surface area (Å²) < 4.78 is 22.8. The molecule has 0 aliphatic rings. The SMILES string of the molecule is CCCOP(=O)(OCCC)C(C)C(=O)NCO. The van der Waals surface area contributed by atoms with Crippen molar-refractivity contribution in [2.75, 3.05) is 19.9 Å². The zero-order valence-electron chi connectivity index (χ0n) is 10.6. The van der Waals surface area contributed by atoms with Crippen LogP contribution in [0.4, 0.5) is 0 Å². The molecule has 1 unspecified atom stereocenters. The van der Waals surface area contributed by atoms with Crippen molar-refractivity contribution in [1.82, 2.24) is 5.32 Å². The van der Waals surface area contributed by atoms with E-state index >= 15 is 0 Å². The molecule has 0 fully saturated rings. The van der Waals surface area contributed by atoms with Crippen molar-refractivity contribution in [3.05, 3.63) is 0 Å². The standard InChI is InChI=1S/C10H22NO5P/c1-4-6-15-17(14,16-7-5-2)9(3)10(13)11-8-12/h9,12H,4-8H2,1-3H3,(H,11,13). The second kappa shape index (κ2) is 8.64. The summed E-state index contributed by atoms with van der Waals surface area (Å²) in [7, 11) is -3.45. The summed E-state index contributed by atoms with van der Waals surface area (Å²) in [4.78, 5) is 11.5. The Morgan fingerprint density at radius 3 is 2.12 bits per heavy atom. The van der Waals surface area contributed by atoms with E-state index in [1.54, 1.807) is 0 Å². The lowest BCUT2D eigenvalue weighted by molar-refractivity contribution is -0.121. The van der Waals surface area contributed by atoms with Gasteiger partial charge in [0.05, 0.1) is 13.2 Å². The second-order valence-corrected chi connectivity index (χ2v) is 5.95. The molecule has 2 N–H and O–H groups in total. The number of hydrogen-bond donors (Lipinski definition) is 2. The summed E-state index contributed by atoms with van der Waals surface area (Å²) in [5, 5.41) is 10.8. The third kappa shape index (κ3) is 5.64. The van der Waals surface area contributed by atoms with Crippen molar-refractivity contribution in [3.63, 3.8) is 0 Å². The number of amides is 1. The second-order valence-electron chi connectivity index (χ2n) is 3.58. The van der Waals surface area contributed by atoms with Crippen LogP contribution in [0.15, 0.2) is 0 Å². The summed E-state index contributed by atoms with van der Waals surface area (Å²) >= 11 is 0. The Balaban J connectivity index is 4.64. The van der Waals surface area contributed by atoms with Crippen LogP contribution in [0.5, 0.6) is 0 Å². The van der Waals surface area contributed by atoms with Gasteiger partial charge in [0.25, 0.3) is 0 Å². The Labute approximate surface area is 102 Å². The average molecular weight is 267 g/mol. The van der Waals surface area contributed by atoms with E-state index in [1.807, 2.05) is 13.8 Å². The van der Waals surface area contributed by atoms with Crippen LogP contribution in [0, 0.1) is 0 Å². The van der Waals surface area contributed by atoms with Crippen molar-refractivity contribution in [2.24, 2.45) is 0 Å². The Bertz CT molecular complexity index is 259. The molecular formula is C10H22NO5P. The molecule has 1 amide bonds. The summed E-state index contributed by atoms with van der Waals surface area (Å²) in [5.41, 5.74) is -0.923. The number of hydrogen-bond acceptors (Lipinski definition) is 5. The topological polar surface area (TPSA) is 84.9 Å². The Hall–Kier alpha value is -0.420. The molecule has 1 atom stereocenters. The molecule has 102 valence electrons. The molecule has 0 saturated heterocycles. The maximum Gasteiger partial charge on any atom is 0.342 e. The van der Waals surface area contributed by atoms with Crippen molar-refractivity contribution < 1.29 is 23.5 Å². The van der Waals surface area contributed by atoms with Crippen LogP contribution < -0.4 is 5.32 Å². The van der Waals surface area contributed by atoms with Gasteiger partial charge in [-0.05, 0) is 19.8 Å². The van der Waals surface area contributed by atoms with Crippen LogP contribution in [0.25, 0.3) is 0 Å². The van der Waals surface area contributed by atoms with E-state index in [1.165, 1.54) is 6.92 Å². The molecule has 0 saturated carbocycles. The molecule has 7 heteroatoms. The fourth-order valence-corrected chi connectivity index (χ4v) is 2.84. The van der Waals surface area contributed by atoms with Gasteiger partial charge in [0, 0.05) is 0 Å². The summed E-state index contributed by atoms with van der Waals surface area (Å²) in [6.07, 6.45) is 1.38. The lowest BCUT2D eigenvalue weighted by Gasteiger charge is -2.23. The van der Waals surface area contributed by atoms with Gasteiger partial charge in [0.15, 0.2) is 0 Å². The highest BCUT2D eigenvalue weighted by atomic mass is 31.2. The van der Waals surface area contributed by atoms with Crippen LogP contribution in [0.2, 0.25) is 0 Å². The van der Waals surface area contributed by atoms with E-state index in [2.05, 4.69) is 5.32 Å². The average Bonchev–Trinajstić information content (AvgIpc) is 2.33. The molecule has 17 heavy (non-hydrogen) atoms. The lowest BCUT2D eigenvalue weighted by atomic mass is 10.4. The van der Waals surface area contributed by atoms with E-state index < -0.39 is 25.9 Å². The van der Waals surface area contributed by atoms with Gasteiger partial charge >= 0.3 is 7.60 Å². The van der Waals surface area contributed by atoms with E-state index in [4.69, 9.17) is 14.2 Å². The van der Waals surface area contributed by atoms with Gasteiger partial charge in [-0.25, -0.2) is 0 Å². The van der Waals surface area contributed by atoms with Gasteiger partial charge in [-0.1, -0.05) is 13.8 Å². The first-order valence-corrected chi connectivity index (χ1v) is 7.40. The molecule has 0 heterocycles. The molecule has 0 radical (unpaired) electrons. The summed E-state index contributed by atoms with van der Waals surface area (Å²) in [6, 6.07) is 0. The Morgan fingerprint density at radius 2 is 1.76 bits per heavy atom. The largest absolute Gasteiger partial charge is 0.377 e.